The van der Waals surface area contributed by atoms with Crippen molar-refractivity contribution in [1.29, 1.82) is 0 Å². The van der Waals surface area contributed by atoms with Crippen molar-refractivity contribution >= 4 is 23.4 Å². The molecule has 0 atom stereocenters. The van der Waals surface area contributed by atoms with E-state index in [0.717, 1.165) is 35.6 Å². The summed E-state index contributed by atoms with van der Waals surface area (Å²) in [5.74, 6) is 1.19. The molecule has 1 amide bonds. The topological polar surface area (TPSA) is 122 Å². The van der Waals surface area contributed by atoms with Crippen LogP contribution in [0.4, 0.5) is 16.4 Å². The number of fused-ring (bicyclic) bond motifs is 1. The van der Waals surface area contributed by atoms with Crippen molar-refractivity contribution in [3.8, 4) is 11.3 Å². The molecule has 9 heteroatoms. The number of hydrogen-bond donors (Lipinski definition) is 3. The molecule has 1 saturated heterocycles. The number of rotatable bonds is 3. The monoisotopic (exact) mass is 353 g/mol. The Morgan fingerprint density at radius 3 is 2.65 bits per heavy atom. The molecule has 3 aromatic rings. The minimum absolute atomic E-state index is 0.195. The highest BCUT2D eigenvalue weighted by Gasteiger charge is 2.22. The second kappa shape index (κ2) is 6.51. The van der Waals surface area contributed by atoms with Gasteiger partial charge in [-0.3, -0.25) is 0 Å². The largest absolute Gasteiger partial charge is 0.465 e. The van der Waals surface area contributed by atoms with Crippen molar-refractivity contribution < 1.29 is 9.90 Å². The molecule has 3 aromatic heterocycles. The lowest BCUT2D eigenvalue weighted by atomic mass is 10.1. The van der Waals surface area contributed by atoms with Crippen LogP contribution in [0.1, 0.15) is 12.8 Å². The van der Waals surface area contributed by atoms with Gasteiger partial charge >= 0.3 is 6.09 Å². The number of pyridine rings is 1. The van der Waals surface area contributed by atoms with E-state index in [1.54, 1.807) is 23.0 Å². The van der Waals surface area contributed by atoms with E-state index in [1.165, 1.54) is 4.90 Å². The zero-order chi connectivity index (χ0) is 18.1. The average Bonchev–Trinajstić information content (AvgIpc) is 3.06. The van der Waals surface area contributed by atoms with Gasteiger partial charge in [0.25, 0.3) is 0 Å². The molecule has 9 nitrogen and oxygen atoms in total. The second-order valence-corrected chi connectivity index (χ2v) is 6.29. The quantitative estimate of drug-likeness (QED) is 0.657. The molecule has 0 aromatic carbocycles. The van der Waals surface area contributed by atoms with Crippen LogP contribution in [0, 0.1) is 0 Å². The zero-order valence-electron chi connectivity index (χ0n) is 14.0. The molecular formula is C17H19N7O2. The van der Waals surface area contributed by atoms with Crippen molar-refractivity contribution in [2.75, 3.05) is 24.1 Å². The van der Waals surface area contributed by atoms with Crippen molar-refractivity contribution in [3.63, 3.8) is 0 Å². The van der Waals surface area contributed by atoms with Crippen molar-refractivity contribution in [1.82, 2.24) is 24.5 Å². The number of hydrogen-bond acceptors (Lipinski definition) is 6. The molecular weight excluding hydrogens is 334 g/mol. The Labute approximate surface area is 149 Å². The molecule has 0 bridgehead atoms. The van der Waals surface area contributed by atoms with Gasteiger partial charge in [-0.25, -0.2) is 19.3 Å². The molecule has 0 aliphatic carbocycles. The Morgan fingerprint density at radius 2 is 1.96 bits per heavy atom. The van der Waals surface area contributed by atoms with Crippen LogP contribution in [0.2, 0.25) is 0 Å². The Morgan fingerprint density at radius 1 is 1.15 bits per heavy atom. The lowest BCUT2D eigenvalue weighted by molar-refractivity contribution is 0.133. The number of nitrogens with zero attached hydrogens (tertiary/aromatic N) is 5. The predicted molar refractivity (Wildman–Crippen MR) is 96.9 cm³/mol. The lowest BCUT2D eigenvalue weighted by Crippen LogP contribution is -2.41. The van der Waals surface area contributed by atoms with E-state index in [4.69, 9.17) is 10.8 Å². The number of nitrogens with two attached hydrogens (primary N) is 1. The Kier molecular flexibility index (Phi) is 4.04. The summed E-state index contributed by atoms with van der Waals surface area (Å²) in [7, 11) is 0. The highest BCUT2D eigenvalue weighted by molar-refractivity contribution is 5.65. The van der Waals surface area contributed by atoms with Crippen LogP contribution in [0.3, 0.4) is 0 Å². The van der Waals surface area contributed by atoms with Crippen LogP contribution in [-0.2, 0) is 0 Å². The molecule has 1 aliphatic rings. The molecule has 1 aliphatic heterocycles. The number of nitrogens with one attached hydrogen (secondary N) is 1. The number of likely N-dealkylation sites (tertiary alicyclic amines) is 1. The summed E-state index contributed by atoms with van der Waals surface area (Å²) in [6.07, 6.45) is 4.10. The SMILES string of the molecule is Nc1ccc(-c2cnc3ccc(NC4CCN(C(=O)O)CC4)nn23)cn1. The van der Waals surface area contributed by atoms with E-state index >= 15 is 0 Å². The number of carboxylic acid groups (broad SMARTS) is 1. The first kappa shape index (κ1) is 16.1. The van der Waals surface area contributed by atoms with Gasteiger partial charge in [0.15, 0.2) is 5.65 Å². The summed E-state index contributed by atoms with van der Waals surface area (Å²) in [5, 5.41) is 17.1. The second-order valence-electron chi connectivity index (χ2n) is 6.29. The third kappa shape index (κ3) is 3.10. The lowest BCUT2D eigenvalue weighted by Gasteiger charge is -2.30. The summed E-state index contributed by atoms with van der Waals surface area (Å²) in [6, 6.07) is 7.61. The highest BCUT2D eigenvalue weighted by Crippen LogP contribution is 2.22. The molecule has 4 rings (SSSR count). The fourth-order valence-electron chi connectivity index (χ4n) is 3.13. The van der Waals surface area contributed by atoms with Crippen molar-refractivity contribution in [3.05, 3.63) is 36.7 Å². The van der Waals surface area contributed by atoms with E-state index in [9.17, 15) is 4.79 Å². The minimum atomic E-state index is -0.858. The van der Waals surface area contributed by atoms with Gasteiger partial charge in [-0.2, -0.15) is 0 Å². The molecule has 134 valence electrons. The van der Waals surface area contributed by atoms with Crippen molar-refractivity contribution in [2.45, 2.75) is 18.9 Å². The minimum Gasteiger partial charge on any atom is -0.465 e. The number of carbonyl (C=O) groups is 1. The van der Waals surface area contributed by atoms with Crippen molar-refractivity contribution in [2.24, 2.45) is 0 Å². The number of amides is 1. The van der Waals surface area contributed by atoms with Gasteiger partial charge in [-0.15, -0.1) is 5.10 Å². The van der Waals surface area contributed by atoms with Gasteiger partial charge in [0, 0.05) is 30.9 Å². The van der Waals surface area contributed by atoms with Crippen LogP contribution < -0.4 is 11.1 Å². The molecule has 4 N–H and O–H groups in total. The van der Waals surface area contributed by atoms with E-state index in [2.05, 4.69) is 20.4 Å². The molecule has 0 unspecified atom stereocenters. The van der Waals surface area contributed by atoms with E-state index in [1.807, 2.05) is 18.2 Å². The summed E-state index contributed by atoms with van der Waals surface area (Å²) >= 11 is 0. The first-order valence-electron chi connectivity index (χ1n) is 8.41. The van der Waals surface area contributed by atoms with Gasteiger partial charge in [-0.05, 0) is 37.1 Å². The normalized spacial score (nSPS) is 15.3. The summed E-state index contributed by atoms with van der Waals surface area (Å²) in [5.41, 5.74) is 8.10. The van der Waals surface area contributed by atoms with Crippen LogP contribution in [0.5, 0.6) is 0 Å². The fourth-order valence-corrected chi connectivity index (χ4v) is 3.13. The van der Waals surface area contributed by atoms with Crippen LogP contribution in [0.25, 0.3) is 16.9 Å². The van der Waals surface area contributed by atoms with Gasteiger partial charge in [0.1, 0.15) is 11.6 Å². The van der Waals surface area contributed by atoms with Gasteiger partial charge in [0.2, 0.25) is 0 Å². The third-order valence-corrected chi connectivity index (χ3v) is 4.56. The van der Waals surface area contributed by atoms with Crippen LogP contribution in [-0.4, -0.2) is 54.8 Å². The Hall–Kier alpha value is -3.36. The molecule has 0 saturated carbocycles. The first-order chi connectivity index (χ1) is 12.6. The summed E-state index contributed by atoms with van der Waals surface area (Å²) in [6.45, 7) is 1.06. The summed E-state index contributed by atoms with van der Waals surface area (Å²) < 4.78 is 1.77. The van der Waals surface area contributed by atoms with E-state index < -0.39 is 6.09 Å². The van der Waals surface area contributed by atoms with Gasteiger partial charge in [-0.1, -0.05) is 0 Å². The number of piperidine rings is 1. The third-order valence-electron chi connectivity index (χ3n) is 4.56. The fraction of sp³-hybridized carbons (Fsp3) is 0.294. The number of aromatic nitrogens is 4. The smallest absolute Gasteiger partial charge is 0.407 e. The number of anilines is 2. The molecule has 1 fully saturated rings. The van der Waals surface area contributed by atoms with Gasteiger partial charge < -0.3 is 21.1 Å². The average molecular weight is 353 g/mol. The van der Waals surface area contributed by atoms with Crippen LogP contribution >= 0.6 is 0 Å². The van der Waals surface area contributed by atoms with Crippen LogP contribution in [0.15, 0.2) is 36.7 Å². The number of nitrogen functional groups attached to an aromatic ring is 1. The maximum Gasteiger partial charge on any atom is 0.407 e. The standard InChI is InChI=1S/C17H19N7O2/c18-14-2-1-11(9-19-14)13-10-20-16-4-3-15(22-24(13)16)21-12-5-7-23(8-6-12)17(25)26/h1-4,9-10,12H,5-8H2,(H2,18,19)(H,21,22)(H,25,26). The Balaban J connectivity index is 1.55. The maximum atomic E-state index is 11.0. The summed E-state index contributed by atoms with van der Waals surface area (Å²) in [4.78, 5) is 20.9. The zero-order valence-corrected chi connectivity index (χ0v) is 14.0. The van der Waals surface area contributed by atoms with E-state index in [0.29, 0.717) is 18.9 Å². The molecule has 26 heavy (non-hydrogen) atoms. The predicted octanol–water partition coefficient (Wildman–Crippen LogP) is 1.93. The Bertz CT molecular complexity index is 930. The first-order valence-corrected chi connectivity index (χ1v) is 8.41. The number of imidazole rings is 1. The van der Waals surface area contributed by atoms with E-state index in [-0.39, 0.29) is 6.04 Å². The molecule has 0 radical (unpaired) electrons. The molecule has 4 heterocycles. The highest BCUT2D eigenvalue weighted by atomic mass is 16.4. The molecule has 0 spiro atoms. The maximum absolute atomic E-state index is 11.0. The van der Waals surface area contributed by atoms with Gasteiger partial charge in [0.05, 0.1) is 11.9 Å².